The summed E-state index contributed by atoms with van der Waals surface area (Å²) in [4.78, 5) is 32.5. The highest BCUT2D eigenvalue weighted by Gasteiger charge is 2.37. The Balaban J connectivity index is 1.57. The summed E-state index contributed by atoms with van der Waals surface area (Å²) in [6.07, 6.45) is -3.42. The number of nitrogens with one attached hydrogen (secondary N) is 1. The van der Waals surface area contributed by atoms with Gasteiger partial charge in [-0.05, 0) is 24.1 Å². The van der Waals surface area contributed by atoms with Gasteiger partial charge in [-0.2, -0.15) is 18.2 Å². The molecule has 184 valence electrons. The molecule has 0 radical (unpaired) electrons. The minimum absolute atomic E-state index is 0.0350. The van der Waals surface area contributed by atoms with Gasteiger partial charge < -0.3 is 24.4 Å². The van der Waals surface area contributed by atoms with E-state index < -0.39 is 11.7 Å². The van der Waals surface area contributed by atoms with Gasteiger partial charge in [-0.25, -0.2) is 4.79 Å². The van der Waals surface area contributed by atoms with Gasteiger partial charge in [-0.1, -0.05) is 17.3 Å². The first-order valence-corrected chi connectivity index (χ1v) is 11.0. The van der Waals surface area contributed by atoms with Crippen LogP contribution in [0.3, 0.4) is 0 Å². The highest BCUT2D eigenvalue weighted by molar-refractivity contribution is 5.85. The Bertz CT molecular complexity index is 1010. The standard InChI is InChI=1S/C22H26F3N5O4/c1-33-9-6-18-27-20(34-28-18)16-10-15(14-2-4-17(5-3-14)22(23,24)25)11-30(12-16)21(32)29-8-7-26-19(31)13-29/h2-5,15-16H,6-13H2,1H3,(H,26,31). The third-order valence-electron chi connectivity index (χ3n) is 6.10. The predicted molar refractivity (Wildman–Crippen MR) is 113 cm³/mol. The number of piperazine rings is 1. The lowest BCUT2D eigenvalue weighted by atomic mass is 9.84. The van der Waals surface area contributed by atoms with E-state index in [-0.39, 0.29) is 30.3 Å². The summed E-state index contributed by atoms with van der Waals surface area (Å²) in [5.74, 6) is 0.0912. The molecule has 9 nitrogen and oxygen atoms in total. The van der Waals surface area contributed by atoms with Gasteiger partial charge in [0.15, 0.2) is 5.82 Å². The molecule has 3 heterocycles. The minimum atomic E-state index is -4.42. The number of piperidine rings is 1. The molecule has 4 rings (SSSR count). The molecular formula is C22H26F3N5O4. The molecule has 2 saturated heterocycles. The fraction of sp³-hybridized carbons (Fsp3) is 0.545. The molecule has 2 aromatic rings. The summed E-state index contributed by atoms with van der Waals surface area (Å²) in [5, 5.41) is 6.67. The molecule has 2 atom stereocenters. The van der Waals surface area contributed by atoms with Crippen LogP contribution in [-0.4, -0.2) is 78.3 Å². The number of carbonyl (C=O) groups is 2. The topological polar surface area (TPSA) is 101 Å². The molecule has 2 aliphatic rings. The average Bonchev–Trinajstić information content (AvgIpc) is 3.30. The van der Waals surface area contributed by atoms with Gasteiger partial charge in [0.1, 0.15) is 6.54 Å². The molecule has 0 saturated carbocycles. The number of rotatable bonds is 5. The second-order valence-corrected chi connectivity index (χ2v) is 8.50. The molecule has 3 amide bonds. The molecule has 34 heavy (non-hydrogen) atoms. The van der Waals surface area contributed by atoms with Crippen LogP contribution in [0.4, 0.5) is 18.0 Å². The van der Waals surface area contributed by atoms with E-state index >= 15 is 0 Å². The molecule has 0 spiro atoms. The molecule has 1 aromatic heterocycles. The second-order valence-electron chi connectivity index (χ2n) is 8.50. The zero-order valence-electron chi connectivity index (χ0n) is 18.7. The maximum absolute atomic E-state index is 13.2. The number of alkyl halides is 3. The fourth-order valence-electron chi connectivity index (χ4n) is 4.35. The molecule has 1 aromatic carbocycles. The summed E-state index contributed by atoms with van der Waals surface area (Å²) < 4.78 is 49.5. The van der Waals surface area contributed by atoms with Crippen LogP contribution in [0.1, 0.15) is 41.1 Å². The van der Waals surface area contributed by atoms with Gasteiger partial charge in [-0.3, -0.25) is 4.79 Å². The first kappa shape index (κ1) is 24.0. The van der Waals surface area contributed by atoms with Crippen LogP contribution in [0.2, 0.25) is 0 Å². The van der Waals surface area contributed by atoms with Gasteiger partial charge >= 0.3 is 12.2 Å². The quantitative estimate of drug-likeness (QED) is 0.704. The minimum Gasteiger partial charge on any atom is -0.384 e. The Morgan fingerprint density at radius 2 is 1.94 bits per heavy atom. The maximum atomic E-state index is 13.2. The molecular weight excluding hydrogens is 455 g/mol. The summed E-state index contributed by atoms with van der Waals surface area (Å²) >= 11 is 0. The lowest BCUT2D eigenvalue weighted by Gasteiger charge is -2.40. The van der Waals surface area contributed by atoms with Crippen molar-refractivity contribution in [2.24, 2.45) is 0 Å². The normalized spacial score (nSPS) is 21.5. The number of aromatic nitrogens is 2. The van der Waals surface area contributed by atoms with Crippen molar-refractivity contribution in [2.75, 3.05) is 46.4 Å². The Labute approximate surface area is 194 Å². The van der Waals surface area contributed by atoms with Crippen molar-refractivity contribution in [1.82, 2.24) is 25.3 Å². The predicted octanol–water partition coefficient (Wildman–Crippen LogP) is 2.40. The Hall–Kier alpha value is -3.15. The van der Waals surface area contributed by atoms with E-state index in [2.05, 4.69) is 15.5 Å². The number of urea groups is 1. The molecule has 2 fully saturated rings. The maximum Gasteiger partial charge on any atom is 0.416 e. The number of methoxy groups -OCH3 is 1. The van der Waals surface area contributed by atoms with Crippen LogP contribution in [-0.2, 0) is 22.1 Å². The third kappa shape index (κ3) is 5.49. The van der Waals surface area contributed by atoms with Crippen molar-refractivity contribution < 1.29 is 32.0 Å². The van der Waals surface area contributed by atoms with E-state index in [1.54, 1.807) is 12.0 Å². The molecule has 2 unspecified atom stereocenters. The Morgan fingerprint density at radius 3 is 2.62 bits per heavy atom. The van der Waals surface area contributed by atoms with E-state index in [0.29, 0.717) is 62.9 Å². The van der Waals surface area contributed by atoms with Crippen LogP contribution in [0.15, 0.2) is 28.8 Å². The van der Waals surface area contributed by atoms with Gasteiger partial charge in [0.2, 0.25) is 11.8 Å². The van der Waals surface area contributed by atoms with Crippen LogP contribution in [0.5, 0.6) is 0 Å². The number of hydrogen-bond donors (Lipinski definition) is 1. The SMILES string of the molecule is COCCc1noc(C2CC(c3ccc(C(F)(F)F)cc3)CN(C(=O)N3CCNC(=O)C3)C2)n1. The van der Waals surface area contributed by atoms with E-state index in [9.17, 15) is 22.8 Å². The largest absolute Gasteiger partial charge is 0.416 e. The number of nitrogens with zero attached hydrogens (tertiary/aromatic N) is 4. The van der Waals surface area contributed by atoms with E-state index in [4.69, 9.17) is 9.26 Å². The lowest BCUT2D eigenvalue weighted by Crippen LogP contribution is -2.56. The second kappa shape index (κ2) is 10.00. The zero-order valence-corrected chi connectivity index (χ0v) is 18.7. The number of ether oxygens (including phenoxy) is 1. The van der Waals surface area contributed by atoms with Crippen molar-refractivity contribution >= 4 is 11.9 Å². The van der Waals surface area contributed by atoms with Crippen molar-refractivity contribution in [2.45, 2.75) is 30.9 Å². The lowest BCUT2D eigenvalue weighted by molar-refractivity contribution is -0.137. The van der Waals surface area contributed by atoms with Gasteiger partial charge in [0.25, 0.3) is 0 Å². The first-order chi connectivity index (χ1) is 16.2. The van der Waals surface area contributed by atoms with Crippen molar-refractivity contribution in [3.05, 3.63) is 47.1 Å². The number of amides is 3. The molecule has 1 N–H and O–H groups in total. The molecule has 2 aliphatic heterocycles. The Kier molecular flexibility index (Phi) is 7.05. The number of benzene rings is 1. The molecule has 0 bridgehead atoms. The number of likely N-dealkylation sites (tertiary alicyclic amines) is 1. The summed E-state index contributed by atoms with van der Waals surface area (Å²) in [5.41, 5.74) is -0.0402. The average molecular weight is 481 g/mol. The van der Waals surface area contributed by atoms with Crippen molar-refractivity contribution in [3.63, 3.8) is 0 Å². The van der Waals surface area contributed by atoms with Gasteiger partial charge in [0.05, 0.1) is 18.1 Å². The van der Waals surface area contributed by atoms with Crippen LogP contribution >= 0.6 is 0 Å². The fourth-order valence-corrected chi connectivity index (χ4v) is 4.35. The zero-order chi connectivity index (χ0) is 24.3. The van der Waals surface area contributed by atoms with Crippen LogP contribution in [0.25, 0.3) is 0 Å². The smallest absolute Gasteiger partial charge is 0.384 e. The molecule has 0 aliphatic carbocycles. The summed E-state index contributed by atoms with van der Waals surface area (Å²) in [6, 6.07) is 4.70. The van der Waals surface area contributed by atoms with Gasteiger partial charge in [0, 0.05) is 45.6 Å². The Morgan fingerprint density at radius 1 is 1.21 bits per heavy atom. The van der Waals surface area contributed by atoms with E-state index in [1.165, 1.54) is 17.0 Å². The van der Waals surface area contributed by atoms with Crippen molar-refractivity contribution in [3.8, 4) is 0 Å². The number of halogens is 3. The van der Waals surface area contributed by atoms with Gasteiger partial charge in [-0.15, -0.1) is 0 Å². The van der Waals surface area contributed by atoms with Crippen molar-refractivity contribution in [1.29, 1.82) is 0 Å². The van der Waals surface area contributed by atoms with Crippen LogP contribution in [0, 0.1) is 0 Å². The molecule has 12 heteroatoms. The number of hydrogen-bond acceptors (Lipinski definition) is 6. The van der Waals surface area contributed by atoms with Crippen LogP contribution < -0.4 is 5.32 Å². The number of carbonyl (C=O) groups excluding carboxylic acids is 2. The highest BCUT2D eigenvalue weighted by atomic mass is 19.4. The summed E-state index contributed by atoms with van der Waals surface area (Å²) in [6.45, 7) is 1.77. The highest BCUT2D eigenvalue weighted by Crippen LogP contribution is 2.37. The first-order valence-electron chi connectivity index (χ1n) is 11.0. The monoisotopic (exact) mass is 481 g/mol. The third-order valence-corrected chi connectivity index (χ3v) is 6.10. The van der Waals surface area contributed by atoms with E-state index in [0.717, 1.165) is 12.1 Å². The summed E-state index contributed by atoms with van der Waals surface area (Å²) in [7, 11) is 1.57. The van der Waals surface area contributed by atoms with E-state index in [1.807, 2.05) is 0 Å².